The van der Waals surface area contributed by atoms with Gasteiger partial charge < -0.3 is 5.73 Å². The summed E-state index contributed by atoms with van der Waals surface area (Å²) in [6.07, 6.45) is -3.12. The second-order valence-corrected chi connectivity index (χ2v) is 4.95. The molecule has 0 amide bonds. The van der Waals surface area contributed by atoms with Crippen molar-refractivity contribution in [3.05, 3.63) is 52.8 Å². The molecule has 0 spiro atoms. The number of aryl methyl sites for hydroxylation is 2. The van der Waals surface area contributed by atoms with Crippen molar-refractivity contribution in [2.75, 3.05) is 0 Å². The maximum absolute atomic E-state index is 12.5. The van der Waals surface area contributed by atoms with Crippen molar-refractivity contribution in [1.82, 2.24) is 9.78 Å². The zero-order chi connectivity index (χ0) is 14.9. The Kier molecular flexibility index (Phi) is 3.85. The predicted molar refractivity (Wildman–Crippen MR) is 70.1 cm³/mol. The first-order chi connectivity index (χ1) is 9.25. The van der Waals surface area contributed by atoms with E-state index in [1.165, 1.54) is 10.9 Å². The number of hydrogen-bond donors (Lipinski definition) is 1. The minimum absolute atomic E-state index is 0.207. The van der Waals surface area contributed by atoms with Crippen molar-refractivity contribution < 1.29 is 13.2 Å². The summed E-state index contributed by atoms with van der Waals surface area (Å²) in [5.74, 6) is 0. The molecule has 6 heteroatoms. The summed E-state index contributed by atoms with van der Waals surface area (Å²) in [5.41, 5.74) is 8.19. The van der Waals surface area contributed by atoms with E-state index in [0.29, 0.717) is 0 Å². The number of aromatic nitrogens is 2. The van der Waals surface area contributed by atoms with Gasteiger partial charge in [0, 0.05) is 12.2 Å². The second-order valence-electron chi connectivity index (χ2n) is 4.95. The van der Waals surface area contributed by atoms with Gasteiger partial charge in [-0.2, -0.15) is 18.3 Å². The topological polar surface area (TPSA) is 43.8 Å². The number of alkyl halides is 3. The average Bonchev–Trinajstić information content (AvgIpc) is 2.75. The predicted octanol–water partition coefficient (Wildman–Crippen LogP) is 3.22. The highest BCUT2D eigenvalue weighted by molar-refractivity contribution is 5.30. The summed E-state index contributed by atoms with van der Waals surface area (Å²) in [6.45, 7) is 4.12. The van der Waals surface area contributed by atoms with Crippen molar-refractivity contribution in [2.45, 2.75) is 32.6 Å². The van der Waals surface area contributed by atoms with E-state index in [1.807, 2.05) is 32.0 Å². The Balaban J connectivity index is 2.15. The van der Waals surface area contributed by atoms with Crippen LogP contribution >= 0.6 is 0 Å². The molecule has 1 heterocycles. The monoisotopic (exact) mass is 283 g/mol. The minimum Gasteiger partial charge on any atom is -0.322 e. The van der Waals surface area contributed by atoms with Gasteiger partial charge in [0.25, 0.3) is 0 Å². The third kappa shape index (κ3) is 3.39. The van der Waals surface area contributed by atoms with E-state index in [9.17, 15) is 13.2 Å². The van der Waals surface area contributed by atoms with Crippen LogP contribution in [0.2, 0.25) is 0 Å². The first kappa shape index (κ1) is 14.6. The molecule has 0 aliphatic carbocycles. The first-order valence-corrected chi connectivity index (χ1v) is 6.20. The summed E-state index contributed by atoms with van der Waals surface area (Å²) in [5, 5.41) is 3.50. The Bertz CT molecular complexity index is 582. The SMILES string of the molecule is Cc1cc(C)cc(C(N)Cn2ccc(C(F)(F)F)n2)c1. The van der Waals surface area contributed by atoms with E-state index in [0.717, 1.165) is 22.8 Å². The fraction of sp³-hybridized carbons (Fsp3) is 0.357. The van der Waals surface area contributed by atoms with Crippen LogP contribution in [0.3, 0.4) is 0 Å². The molecule has 2 N–H and O–H groups in total. The zero-order valence-corrected chi connectivity index (χ0v) is 11.3. The molecule has 2 rings (SSSR count). The summed E-state index contributed by atoms with van der Waals surface area (Å²) >= 11 is 0. The Labute approximate surface area is 115 Å². The molecular formula is C14H16F3N3. The van der Waals surface area contributed by atoms with Crippen LogP contribution in [-0.4, -0.2) is 9.78 Å². The van der Waals surface area contributed by atoms with Crippen molar-refractivity contribution in [3.63, 3.8) is 0 Å². The second kappa shape index (κ2) is 5.28. The van der Waals surface area contributed by atoms with E-state index in [2.05, 4.69) is 5.10 Å². The molecule has 1 aromatic carbocycles. The number of hydrogen-bond acceptors (Lipinski definition) is 2. The molecule has 1 aromatic heterocycles. The molecule has 0 aliphatic heterocycles. The average molecular weight is 283 g/mol. The van der Waals surface area contributed by atoms with E-state index < -0.39 is 17.9 Å². The largest absolute Gasteiger partial charge is 0.435 e. The molecule has 108 valence electrons. The number of nitrogens with zero attached hydrogens (tertiary/aromatic N) is 2. The van der Waals surface area contributed by atoms with Crippen LogP contribution in [0.1, 0.15) is 28.4 Å². The smallest absolute Gasteiger partial charge is 0.322 e. The van der Waals surface area contributed by atoms with Gasteiger partial charge in [-0.1, -0.05) is 29.3 Å². The molecule has 0 saturated heterocycles. The van der Waals surface area contributed by atoms with Crippen LogP contribution < -0.4 is 5.73 Å². The van der Waals surface area contributed by atoms with Crippen LogP contribution in [0.4, 0.5) is 13.2 Å². The van der Waals surface area contributed by atoms with E-state index in [1.54, 1.807) is 0 Å². The molecule has 3 nitrogen and oxygen atoms in total. The molecule has 0 bridgehead atoms. The lowest BCUT2D eigenvalue weighted by Crippen LogP contribution is -2.19. The molecule has 1 atom stereocenters. The Morgan fingerprint density at radius 3 is 2.30 bits per heavy atom. The lowest BCUT2D eigenvalue weighted by Gasteiger charge is -2.14. The third-order valence-electron chi connectivity index (χ3n) is 2.99. The molecule has 0 fully saturated rings. The van der Waals surface area contributed by atoms with Crippen LogP contribution in [0.15, 0.2) is 30.5 Å². The molecule has 0 radical (unpaired) electrons. The fourth-order valence-electron chi connectivity index (χ4n) is 2.15. The first-order valence-electron chi connectivity index (χ1n) is 6.20. The van der Waals surface area contributed by atoms with Crippen LogP contribution in [0.5, 0.6) is 0 Å². The number of halogens is 3. The highest BCUT2D eigenvalue weighted by Gasteiger charge is 2.33. The minimum atomic E-state index is -4.42. The van der Waals surface area contributed by atoms with Gasteiger partial charge in [-0.3, -0.25) is 4.68 Å². The van der Waals surface area contributed by atoms with Crippen molar-refractivity contribution >= 4 is 0 Å². The van der Waals surface area contributed by atoms with Gasteiger partial charge in [0.15, 0.2) is 5.69 Å². The van der Waals surface area contributed by atoms with Crippen molar-refractivity contribution in [2.24, 2.45) is 5.73 Å². The van der Waals surface area contributed by atoms with Gasteiger partial charge in [0.1, 0.15) is 0 Å². The Hall–Kier alpha value is -1.82. The van der Waals surface area contributed by atoms with Crippen LogP contribution in [0.25, 0.3) is 0 Å². The number of benzene rings is 1. The van der Waals surface area contributed by atoms with Crippen LogP contribution in [0, 0.1) is 13.8 Å². The fourth-order valence-corrected chi connectivity index (χ4v) is 2.15. The lowest BCUT2D eigenvalue weighted by molar-refractivity contribution is -0.141. The van der Waals surface area contributed by atoms with Crippen LogP contribution in [-0.2, 0) is 12.7 Å². The molecular weight excluding hydrogens is 267 g/mol. The maximum atomic E-state index is 12.5. The third-order valence-corrected chi connectivity index (χ3v) is 2.99. The van der Waals surface area contributed by atoms with Gasteiger partial charge in [-0.15, -0.1) is 0 Å². The van der Waals surface area contributed by atoms with E-state index in [-0.39, 0.29) is 6.54 Å². The Morgan fingerprint density at radius 2 is 1.80 bits per heavy atom. The normalized spacial score (nSPS) is 13.5. The van der Waals surface area contributed by atoms with Crippen molar-refractivity contribution in [1.29, 1.82) is 0 Å². The molecule has 0 aliphatic rings. The standard InChI is InChI=1S/C14H16F3N3/c1-9-5-10(2)7-11(6-9)12(18)8-20-4-3-13(19-20)14(15,16)17/h3-7,12H,8,18H2,1-2H3. The van der Waals surface area contributed by atoms with Gasteiger partial charge in [0.2, 0.25) is 0 Å². The van der Waals surface area contributed by atoms with Gasteiger partial charge in [-0.25, -0.2) is 0 Å². The van der Waals surface area contributed by atoms with Gasteiger partial charge >= 0.3 is 6.18 Å². The maximum Gasteiger partial charge on any atom is 0.435 e. The number of rotatable bonds is 3. The van der Waals surface area contributed by atoms with E-state index in [4.69, 9.17) is 5.73 Å². The van der Waals surface area contributed by atoms with Gasteiger partial charge in [0.05, 0.1) is 6.54 Å². The quantitative estimate of drug-likeness (QED) is 0.940. The zero-order valence-electron chi connectivity index (χ0n) is 11.3. The lowest BCUT2D eigenvalue weighted by atomic mass is 10.0. The summed E-state index contributed by atoms with van der Waals surface area (Å²) < 4.78 is 38.6. The highest BCUT2D eigenvalue weighted by Crippen LogP contribution is 2.27. The number of nitrogens with two attached hydrogens (primary N) is 1. The summed E-state index contributed by atoms with van der Waals surface area (Å²) in [6, 6.07) is 6.45. The molecule has 1 unspecified atom stereocenters. The highest BCUT2D eigenvalue weighted by atomic mass is 19.4. The Morgan fingerprint density at radius 1 is 1.20 bits per heavy atom. The summed E-state index contributed by atoms with van der Waals surface area (Å²) in [4.78, 5) is 0. The molecule has 0 saturated carbocycles. The van der Waals surface area contributed by atoms with Crippen molar-refractivity contribution in [3.8, 4) is 0 Å². The summed E-state index contributed by atoms with van der Waals surface area (Å²) in [7, 11) is 0. The molecule has 20 heavy (non-hydrogen) atoms. The molecule has 2 aromatic rings. The van der Waals surface area contributed by atoms with Gasteiger partial charge in [-0.05, 0) is 25.5 Å². The van der Waals surface area contributed by atoms with E-state index >= 15 is 0 Å².